The Labute approximate surface area is 119 Å². The Morgan fingerprint density at radius 1 is 1.35 bits per heavy atom. The van der Waals surface area contributed by atoms with Crippen molar-refractivity contribution in [2.45, 2.75) is 24.7 Å². The predicted molar refractivity (Wildman–Crippen MR) is 75.0 cm³/mol. The zero-order chi connectivity index (χ0) is 14.8. The van der Waals surface area contributed by atoms with Crippen molar-refractivity contribution in [1.29, 1.82) is 0 Å². The lowest BCUT2D eigenvalue weighted by atomic mass is 9.99. The molecule has 1 saturated heterocycles. The molecule has 0 saturated carbocycles. The molecule has 0 aromatic heterocycles. The lowest BCUT2D eigenvalue weighted by molar-refractivity contribution is -0.126. The van der Waals surface area contributed by atoms with Gasteiger partial charge in [-0.05, 0) is 31.9 Å². The van der Waals surface area contributed by atoms with Gasteiger partial charge in [0.1, 0.15) is 0 Å². The van der Waals surface area contributed by atoms with E-state index in [2.05, 4.69) is 5.43 Å². The second-order valence-electron chi connectivity index (χ2n) is 5.02. The topological polar surface area (TPSA) is 92.5 Å². The molecule has 0 radical (unpaired) electrons. The largest absolute Gasteiger partial charge is 0.294 e. The molecule has 1 amide bonds. The number of hydrogen-bond acceptors (Lipinski definition) is 4. The third-order valence-electron chi connectivity index (χ3n) is 3.56. The number of amides is 1. The Morgan fingerprint density at radius 3 is 2.60 bits per heavy atom. The van der Waals surface area contributed by atoms with Gasteiger partial charge in [0.2, 0.25) is 15.9 Å². The number of carbonyl (C=O) groups is 1. The van der Waals surface area contributed by atoms with Crippen LogP contribution in [0.25, 0.3) is 0 Å². The average molecular weight is 297 g/mol. The third-order valence-corrected chi connectivity index (χ3v) is 5.44. The van der Waals surface area contributed by atoms with E-state index in [-0.39, 0.29) is 23.3 Å². The van der Waals surface area contributed by atoms with Gasteiger partial charge in [-0.3, -0.25) is 10.2 Å². The number of hydrogen-bond donors (Lipinski definition) is 2. The number of benzene rings is 1. The van der Waals surface area contributed by atoms with E-state index in [4.69, 9.17) is 5.84 Å². The van der Waals surface area contributed by atoms with E-state index in [1.165, 1.54) is 4.31 Å². The molecule has 6 nitrogen and oxygen atoms in total. The van der Waals surface area contributed by atoms with Crippen LogP contribution in [0.15, 0.2) is 29.2 Å². The summed E-state index contributed by atoms with van der Waals surface area (Å²) in [6, 6.07) is 6.72. The Bertz CT molecular complexity index is 583. The van der Waals surface area contributed by atoms with Crippen LogP contribution < -0.4 is 11.3 Å². The van der Waals surface area contributed by atoms with Crippen molar-refractivity contribution in [1.82, 2.24) is 9.73 Å². The van der Waals surface area contributed by atoms with Crippen molar-refractivity contribution < 1.29 is 13.2 Å². The summed E-state index contributed by atoms with van der Waals surface area (Å²) in [5.74, 6) is 4.43. The number of piperidine rings is 1. The van der Waals surface area contributed by atoms with Crippen molar-refractivity contribution in [3.05, 3.63) is 29.8 Å². The molecule has 2 rings (SSSR count). The molecular formula is C13H19N3O3S. The van der Waals surface area contributed by atoms with Crippen LogP contribution in [0.3, 0.4) is 0 Å². The minimum absolute atomic E-state index is 0.180. The SMILES string of the molecule is Cc1ccc(S(=O)(=O)N2CCCC(C(=O)NN)C2)cc1. The average Bonchev–Trinajstić information content (AvgIpc) is 2.47. The van der Waals surface area contributed by atoms with Gasteiger partial charge < -0.3 is 0 Å². The maximum Gasteiger partial charge on any atom is 0.243 e. The molecule has 0 spiro atoms. The van der Waals surface area contributed by atoms with Gasteiger partial charge in [-0.1, -0.05) is 17.7 Å². The van der Waals surface area contributed by atoms with Crippen LogP contribution in [0.5, 0.6) is 0 Å². The van der Waals surface area contributed by atoms with Crippen LogP contribution in [-0.2, 0) is 14.8 Å². The second-order valence-corrected chi connectivity index (χ2v) is 6.96. The molecule has 20 heavy (non-hydrogen) atoms. The number of nitrogens with two attached hydrogens (primary N) is 1. The van der Waals surface area contributed by atoms with E-state index >= 15 is 0 Å². The molecule has 1 fully saturated rings. The molecule has 3 N–H and O–H groups in total. The fraction of sp³-hybridized carbons (Fsp3) is 0.462. The highest BCUT2D eigenvalue weighted by atomic mass is 32.2. The van der Waals surface area contributed by atoms with Gasteiger partial charge in [0.15, 0.2) is 0 Å². The molecule has 1 aliphatic heterocycles. The number of hydrazine groups is 1. The molecule has 0 bridgehead atoms. The van der Waals surface area contributed by atoms with Gasteiger partial charge in [-0.25, -0.2) is 14.3 Å². The number of nitrogens with zero attached hydrogens (tertiary/aromatic N) is 1. The van der Waals surface area contributed by atoms with E-state index in [1.54, 1.807) is 24.3 Å². The quantitative estimate of drug-likeness (QED) is 0.479. The van der Waals surface area contributed by atoms with E-state index in [0.29, 0.717) is 19.4 Å². The molecular weight excluding hydrogens is 278 g/mol. The molecule has 1 heterocycles. The maximum atomic E-state index is 12.5. The summed E-state index contributed by atoms with van der Waals surface area (Å²) >= 11 is 0. The Balaban J connectivity index is 2.21. The lowest BCUT2D eigenvalue weighted by Gasteiger charge is -2.30. The van der Waals surface area contributed by atoms with Crippen molar-refractivity contribution in [2.24, 2.45) is 11.8 Å². The van der Waals surface area contributed by atoms with Crippen LogP contribution >= 0.6 is 0 Å². The summed E-state index contributed by atoms with van der Waals surface area (Å²) < 4.78 is 26.4. The summed E-state index contributed by atoms with van der Waals surface area (Å²) in [5, 5.41) is 0. The van der Waals surface area contributed by atoms with E-state index in [1.807, 2.05) is 6.92 Å². The van der Waals surface area contributed by atoms with E-state index in [0.717, 1.165) is 5.56 Å². The first-order valence-electron chi connectivity index (χ1n) is 6.52. The highest BCUT2D eigenvalue weighted by Crippen LogP contribution is 2.23. The maximum absolute atomic E-state index is 12.5. The first-order valence-corrected chi connectivity index (χ1v) is 7.96. The molecule has 0 aliphatic carbocycles. The molecule has 1 atom stereocenters. The van der Waals surface area contributed by atoms with Gasteiger partial charge in [-0.2, -0.15) is 4.31 Å². The highest BCUT2D eigenvalue weighted by molar-refractivity contribution is 7.89. The first-order chi connectivity index (χ1) is 9.45. The fourth-order valence-electron chi connectivity index (χ4n) is 2.35. The Kier molecular flexibility index (Phi) is 4.42. The van der Waals surface area contributed by atoms with Gasteiger partial charge in [0.25, 0.3) is 0 Å². The number of nitrogens with one attached hydrogen (secondary N) is 1. The van der Waals surface area contributed by atoms with Crippen molar-refractivity contribution in [2.75, 3.05) is 13.1 Å². The molecule has 110 valence electrons. The zero-order valence-corrected chi connectivity index (χ0v) is 12.2. The van der Waals surface area contributed by atoms with Crippen LogP contribution in [0.1, 0.15) is 18.4 Å². The van der Waals surface area contributed by atoms with Gasteiger partial charge >= 0.3 is 0 Å². The summed E-state index contributed by atoms with van der Waals surface area (Å²) in [6.07, 6.45) is 1.31. The van der Waals surface area contributed by atoms with Crippen molar-refractivity contribution >= 4 is 15.9 Å². The van der Waals surface area contributed by atoms with Crippen LogP contribution in [-0.4, -0.2) is 31.7 Å². The fourth-order valence-corrected chi connectivity index (χ4v) is 3.88. The molecule has 7 heteroatoms. The predicted octanol–water partition coefficient (Wildman–Crippen LogP) is 0.386. The second kappa shape index (κ2) is 5.90. The normalized spacial score (nSPS) is 20.6. The number of carbonyl (C=O) groups excluding carboxylic acids is 1. The summed E-state index contributed by atoms with van der Waals surface area (Å²) in [7, 11) is -3.54. The number of sulfonamides is 1. The van der Waals surface area contributed by atoms with Crippen LogP contribution in [0, 0.1) is 12.8 Å². The molecule has 1 aliphatic rings. The van der Waals surface area contributed by atoms with Gasteiger partial charge in [0, 0.05) is 13.1 Å². The lowest BCUT2D eigenvalue weighted by Crippen LogP contribution is -2.46. The van der Waals surface area contributed by atoms with Crippen LogP contribution in [0.4, 0.5) is 0 Å². The summed E-state index contributed by atoms with van der Waals surface area (Å²) in [6.45, 7) is 2.52. The van der Waals surface area contributed by atoms with E-state index in [9.17, 15) is 13.2 Å². The molecule has 1 aromatic carbocycles. The monoisotopic (exact) mass is 297 g/mol. The molecule has 1 aromatic rings. The Morgan fingerprint density at radius 2 is 2.00 bits per heavy atom. The minimum Gasteiger partial charge on any atom is -0.294 e. The minimum atomic E-state index is -3.54. The van der Waals surface area contributed by atoms with Gasteiger partial charge in [0.05, 0.1) is 10.8 Å². The smallest absolute Gasteiger partial charge is 0.243 e. The number of rotatable bonds is 3. The molecule has 1 unspecified atom stereocenters. The number of aryl methyl sites for hydroxylation is 1. The Hall–Kier alpha value is -1.44. The highest BCUT2D eigenvalue weighted by Gasteiger charge is 2.32. The van der Waals surface area contributed by atoms with Crippen molar-refractivity contribution in [3.63, 3.8) is 0 Å². The summed E-state index contributed by atoms with van der Waals surface area (Å²) in [5.41, 5.74) is 3.10. The first kappa shape index (κ1) is 15.0. The van der Waals surface area contributed by atoms with E-state index < -0.39 is 10.0 Å². The van der Waals surface area contributed by atoms with Gasteiger partial charge in [-0.15, -0.1) is 0 Å². The standard InChI is InChI=1S/C13H19N3O3S/c1-10-4-6-12(7-5-10)20(18,19)16-8-2-3-11(9-16)13(17)15-14/h4-7,11H,2-3,8-9,14H2,1H3,(H,15,17). The zero-order valence-electron chi connectivity index (χ0n) is 11.4. The van der Waals surface area contributed by atoms with Crippen molar-refractivity contribution in [3.8, 4) is 0 Å². The third kappa shape index (κ3) is 3.00. The summed E-state index contributed by atoms with van der Waals surface area (Å²) in [4.78, 5) is 11.8. The van der Waals surface area contributed by atoms with Crippen LogP contribution in [0.2, 0.25) is 0 Å².